The van der Waals surface area contributed by atoms with Crippen molar-refractivity contribution in [3.63, 3.8) is 0 Å². The summed E-state index contributed by atoms with van der Waals surface area (Å²) in [7, 11) is -2.85. The van der Waals surface area contributed by atoms with Gasteiger partial charge >= 0.3 is 0 Å². The summed E-state index contributed by atoms with van der Waals surface area (Å²) in [4.78, 5) is 0.229. The van der Waals surface area contributed by atoms with E-state index in [1.165, 1.54) is 0 Å². The maximum absolute atomic E-state index is 11.4. The molecule has 1 aliphatic heterocycles. The van der Waals surface area contributed by atoms with Crippen molar-refractivity contribution in [2.75, 3.05) is 23.4 Å². The number of anilines is 1. The molecular formula is C12H15ClN2O2S2. The molecule has 1 aromatic rings. The summed E-state index contributed by atoms with van der Waals surface area (Å²) >= 11 is 11.0. The number of sulfone groups is 1. The Morgan fingerprint density at radius 2 is 2.26 bits per heavy atom. The highest BCUT2D eigenvalue weighted by molar-refractivity contribution is 7.91. The number of rotatable bonds is 4. The van der Waals surface area contributed by atoms with Crippen LogP contribution in [0.15, 0.2) is 18.2 Å². The summed E-state index contributed by atoms with van der Waals surface area (Å²) in [5, 5.41) is 3.70. The van der Waals surface area contributed by atoms with E-state index in [2.05, 4.69) is 5.32 Å². The summed E-state index contributed by atoms with van der Waals surface area (Å²) in [5.41, 5.74) is 7.02. The van der Waals surface area contributed by atoms with Gasteiger partial charge in [0.25, 0.3) is 0 Å². The Kier molecular flexibility index (Phi) is 4.32. The first kappa shape index (κ1) is 14.6. The van der Waals surface area contributed by atoms with Crippen molar-refractivity contribution in [2.24, 2.45) is 11.7 Å². The molecular weight excluding hydrogens is 304 g/mol. The third-order valence-electron chi connectivity index (χ3n) is 3.17. The first-order chi connectivity index (χ1) is 8.89. The van der Waals surface area contributed by atoms with E-state index < -0.39 is 9.84 Å². The van der Waals surface area contributed by atoms with E-state index in [9.17, 15) is 8.42 Å². The minimum atomic E-state index is -2.85. The number of hydrogen-bond acceptors (Lipinski definition) is 4. The molecule has 0 radical (unpaired) electrons. The molecule has 4 nitrogen and oxygen atoms in total. The molecule has 0 bridgehead atoms. The van der Waals surface area contributed by atoms with Gasteiger partial charge in [-0.05, 0) is 24.5 Å². The molecule has 3 N–H and O–H groups in total. The van der Waals surface area contributed by atoms with Crippen LogP contribution in [0.4, 0.5) is 5.69 Å². The lowest BCUT2D eigenvalue weighted by Gasteiger charge is -2.15. The molecule has 1 unspecified atom stereocenters. The van der Waals surface area contributed by atoms with Crippen LogP contribution >= 0.6 is 23.8 Å². The van der Waals surface area contributed by atoms with Crippen molar-refractivity contribution in [1.29, 1.82) is 0 Å². The van der Waals surface area contributed by atoms with Gasteiger partial charge in [0.05, 0.1) is 22.1 Å². The Bertz CT molecular complexity index is 602. The molecule has 1 fully saturated rings. The number of halogens is 1. The van der Waals surface area contributed by atoms with Crippen LogP contribution in [-0.4, -0.2) is 31.5 Å². The van der Waals surface area contributed by atoms with E-state index in [1.54, 1.807) is 12.1 Å². The highest BCUT2D eigenvalue weighted by Crippen LogP contribution is 2.25. The summed E-state index contributed by atoms with van der Waals surface area (Å²) in [5.74, 6) is 0.642. The van der Waals surface area contributed by atoms with Crippen LogP contribution in [0.3, 0.4) is 0 Å². The van der Waals surface area contributed by atoms with Crippen LogP contribution in [0, 0.1) is 5.92 Å². The molecule has 0 saturated carbocycles. The van der Waals surface area contributed by atoms with Crippen molar-refractivity contribution in [3.8, 4) is 0 Å². The van der Waals surface area contributed by atoms with Gasteiger partial charge in [0.1, 0.15) is 4.99 Å². The van der Waals surface area contributed by atoms with Crippen LogP contribution in [0.2, 0.25) is 5.02 Å². The van der Waals surface area contributed by atoms with Gasteiger partial charge < -0.3 is 11.1 Å². The third-order valence-corrected chi connectivity index (χ3v) is 5.52. The van der Waals surface area contributed by atoms with Gasteiger partial charge in [0.2, 0.25) is 0 Å². The third kappa shape index (κ3) is 3.58. The lowest BCUT2D eigenvalue weighted by atomic mass is 10.1. The van der Waals surface area contributed by atoms with Crippen LogP contribution in [-0.2, 0) is 9.84 Å². The van der Waals surface area contributed by atoms with Gasteiger partial charge in [-0.25, -0.2) is 8.42 Å². The van der Waals surface area contributed by atoms with Crippen LogP contribution < -0.4 is 11.1 Å². The van der Waals surface area contributed by atoms with Crippen molar-refractivity contribution in [2.45, 2.75) is 6.42 Å². The Morgan fingerprint density at radius 1 is 1.53 bits per heavy atom. The highest BCUT2D eigenvalue weighted by Gasteiger charge is 2.27. The smallest absolute Gasteiger partial charge is 0.150 e. The molecule has 1 heterocycles. The minimum absolute atomic E-state index is 0.128. The normalized spacial score (nSPS) is 21.2. The summed E-state index contributed by atoms with van der Waals surface area (Å²) in [6, 6.07) is 5.36. The number of thiocarbonyl (C=S) groups is 1. The number of benzene rings is 1. The fourth-order valence-corrected chi connectivity index (χ4v) is 4.62. The summed E-state index contributed by atoms with van der Waals surface area (Å²) < 4.78 is 22.8. The quantitative estimate of drug-likeness (QED) is 0.829. The van der Waals surface area contributed by atoms with Crippen LogP contribution in [0.5, 0.6) is 0 Å². The van der Waals surface area contributed by atoms with Crippen LogP contribution in [0.1, 0.15) is 12.0 Å². The minimum Gasteiger partial charge on any atom is -0.389 e. The first-order valence-corrected chi connectivity index (χ1v) is 8.52. The second-order valence-electron chi connectivity index (χ2n) is 4.68. The average Bonchev–Trinajstić information content (AvgIpc) is 2.66. The summed E-state index contributed by atoms with van der Waals surface area (Å²) in [6.07, 6.45) is 0.693. The van der Waals surface area contributed by atoms with E-state index in [-0.39, 0.29) is 22.4 Å². The second kappa shape index (κ2) is 5.64. The Hall–Kier alpha value is -0.850. The predicted molar refractivity (Wildman–Crippen MR) is 82.6 cm³/mol. The first-order valence-electron chi connectivity index (χ1n) is 5.91. The Morgan fingerprint density at radius 3 is 2.84 bits per heavy atom. The van der Waals surface area contributed by atoms with E-state index >= 15 is 0 Å². The lowest BCUT2D eigenvalue weighted by Crippen LogP contribution is -2.19. The largest absolute Gasteiger partial charge is 0.389 e. The zero-order valence-corrected chi connectivity index (χ0v) is 12.6. The lowest BCUT2D eigenvalue weighted by molar-refractivity contribution is 0.596. The molecule has 1 aliphatic rings. The maximum atomic E-state index is 11.4. The van der Waals surface area contributed by atoms with E-state index in [4.69, 9.17) is 29.6 Å². The zero-order chi connectivity index (χ0) is 14.0. The zero-order valence-electron chi connectivity index (χ0n) is 10.2. The SMILES string of the molecule is NC(=S)c1c(Cl)cccc1NCC1CCS(=O)(=O)C1. The number of hydrogen-bond donors (Lipinski definition) is 2. The number of nitrogens with two attached hydrogens (primary N) is 1. The molecule has 104 valence electrons. The molecule has 0 amide bonds. The van der Waals surface area contributed by atoms with Gasteiger partial charge in [-0.15, -0.1) is 0 Å². The molecule has 2 rings (SSSR count). The molecule has 0 spiro atoms. The second-order valence-corrected chi connectivity index (χ2v) is 7.75. The predicted octanol–water partition coefficient (Wildman–Crippen LogP) is 1.82. The number of nitrogens with one attached hydrogen (secondary N) is 1. The monoisotopic (exact) mass is 318 g/mol. The molecule has 1 atom stereocenters. The van der Waals surface area contributed by atoms with Crippen molar-refractivity contribution >= 4 is 44.3 Å². The highest BCUT2D eigenvalue weighted by atomic mass is 35.5. The van der Waals surface area contributed by atoms with Gasteiger partial charge in [-0.2, -0.15) is 0 Å². The maximum Gasteiger partial charge on any atom is 0.150 e. The van der Waals surface area contributed by atoms with Gasteiger partial charge in [0, 0.05) is 12.2 Å². The summed E-state index contributed by atoms with van der Waals surface area (Å²) in [6.45, 7) is 0.579. The fraction of sp³-hybridized carbons (Fsp3) is 0.417. The molecule has 7 heteroatoms. The Balaban J connectivity index is 2.08. The molecule has 0 aliphatic carbocycles. The van der Waals surface area contributed by atoms with E-state index in [0.717, 1.165) is 5.69 Å². The van der Waals surface area contributed by atoms with Crippen LogP contribution in [0.25, 0.3) is 0 Å². The van der Waals surface area contributed by atoms with Crippen molar-refractivity contribution in [3.05, 3.63) is 28.8 Å². The molecule has 1 saturated heterocycles. The molecule has 0 aromatic heterocycles. The van der Waals surface area contributed by atoms with Gasteiger partial charge in [0.15, 0.2) is 9.84 Å². The molecule has 19 heavy (non-hydrogen) atoms. The fourth-order valence-electron chi connectivity index (χ4n) is 2.21. The van der Waals surface area contributed by atoms with Crippen molar-refractivity contribution < 1.29 is 8.42 Å². The Labute approximate surface area is 123 Å². The van der Waals surface area contributed by atoms with E-state index in [0.29, 0.717) is 23.6 Å². The molecule has 1 aromatic carbocycles. The average molecular weight is 319 g/mol. The van der Waals surface area contributed by atoms with Crippen molar-refractivity contribution in [1.82, 2.24) is 0 Å². The van der Waals surface area contributed by atoms with Gasteiger partial charge in [-0.1, -0.05) is 29.9 Å². The standard InChI is InChI=1S/C12H15ClN2O2S2/c13-9-2-1-3-10(11(9)12(14)18)15-6-8-4-5-19(16,17)7-8/h1-3,8,15H,4-7H2,(H2,14,18). The van der Waals surface area contributed by atoms with Gasteiger partial charge in [-0.3, -0.25) is 0 Å². The topological polar surface area (TPSA) is 72.2 Å². The van der Waals surface area contributed by atoms with E-state index in [1.807, 2.05) is 6.07 Å².